The third-order valence-corrected chi connectivity index (χ3v) is 2.33. The summed E-state index contributed by atoms with van der Waals surface area (Å²) in [7, 11) is 0. The van der Waals surface area contributed by atoms with Crippen molar-refractivity contribution < 1.29 is 4.48 Å². The molecule has 0 saturated carbocycles. The van der Waals surface area contributed by atoms with Gasteiger partial charge in [0.15, 0.2) is 0 Å². The molecule has 1 aliphatic rings. The van der Waals surface area contributed by atoms with E-state index in [1.165, 1.54) is 0 Å². The van der Waals surface area contributed by atoms with E-state index >= 15 is 0 Å². The number of amidine groups is 1. The van der Waals surface area contributed by atoms with Gasteiger partial charge in [-0.25, -0.2) is 9.48 Å². The van der Waals surface area contributed by atoms with Crippen molar-refractivity contribution in [2.24, 2.45) is 4.99 Å². The lowest BCUT2D eigenvalue weighted by molar-refractivity contribution is -0.773. The lowest BCUT2D eigenvalue weighted by Crippen LogP contribution is -2.46. The van der Waals surface area contributed by atoms with Crippen molar-refractivity contribution in [1.82, 2.24) is 0 Å². The Labute approximate surface area is 85.9 Å². The number of rotatable bonds is 6. The summed E-state index contributed by atoms with van der Waals surface area (Å²) >= 11 is 0. The maximum Gasteiger partial charge on any atom is 0.211 e. The quantitative estimate of drug-likeness (QED) is 0.450. The van der Waals surface area contributed by atoms with E-state index in [-0.39, 0.29) is 0 Å². The van der Waals surface area contributed by atoms with Crippen LogP contribution in [0.1, 0.15) is 6.42 Å². The number of hydrogen-bond donors (Lipinski definition) is 0. The molecule has 1 heterocycles. The molecule has 0 aliphatic carbocycles. The van der Waals surface area contributed by atoms with Crippen LogP contribution in [0.3, 0.4) is 0 Å². The minimum Gasteiger partial charge on any atom is -0.244 e. The zero-order valence-electron chi connectivity index (χ0n) is 8.52. The molecule has 2 heteroatoms. The van der Waals surface area contributed by atoms with Crippen molar-refractivity contribution in [2.45, 2.75) is 6.42 Å². The third-order valence-electron chi connectivity index (χ3n) is 2.33. The van der Waals surface area contributed by atoms with Gasteiger partial charge < -0.3 is 0 Å². The predicted octanol–water partition coefficient (Wildman–Crippen LogP) is 2.63. The first-order chi connectivity index (χ1) is 6.79. The second kappa shape index (κ2) is 4.72. The topological polar surface area (TPSA) is 12.4 Å². The second-order valence-electron chi connectivity index (χ2n) is 3.31. The summed E-state index contributed by atoms with van der Waals surface area (Å²) in [6, 6.07) is 0. The fourth-order valence-electron chi connectivity index (χ4n) is 1.68. The highest BCUT2D eigenvalue weighted by Gasteiger charge is 2.31. The largest absolute Gasteiger partial charge is 0.244 e. The Morgan fingerprint density at radius 1 is 1.14 bits per heavy atom. The Balaban J connectivity index is 2.89. The van der Waals surface area contributed by atoms with Crippen molar-refractivity contribution in [3.63, 3.8) is 0 Å². The zero-order valence-corrected chi connectivity index (χ0v) is 8.52. The van der Waals surface area contributed by atoms with Crippen LogP contribution in [0.15, 0.2) is 55.4 Å². The molecule has 0 unspecified atom stereocenters. The average Bonchev–Trinajstić information content (AvgIpc) is 2.51. The van der Waals surface area contributed by atoms with Gasteiger partial charge in [0.25, 0.3) is 0 Å². The van der Waals surface area contributed by atoms with E-state index in [1.54, 1.807) is 0 Å². The van der Waals surface area contributed by atoms with Gasteiger partial charge in [-0.1, -0.05) is 19.2 Å². The Morgan fingerprint density at radius 2 is 1.79 bits per heavy atom. The van der Waals surface area contributed by atoms with Gasteiger partial charge in [-0.3, -0.25) is 0 Å². The van der Waals surface area contributed by atoms with Crippen LogP contribution < -0.4 is 0 Å². The van der Waals surface area contributed by atoms with Crippen LogP contribution in [-0.4, -0.2) is 23.4 Å². The van der Waals surface area contributed by atoms with Crippen molar-refractivity contribution in [3.8, 4) is 0 Å². The van der Waals surface area contributed by atoms with Crippen LogP contribution >= 0.6 is 0 Å². The van der Waals surface area contributed by atoms with E-state index in [0.29, 0.717) is 0 Å². The fraction of sp³-hybridized carbons (Fsp3) is 0.250. The fourth-order valence-corrected chi connectivity index (χ4v) is 1.68. The van der Waals surface area contributed by atoms with Gasteiger partial charge in [0.2, 0.25) is 5.84 Å². The van der Waals surface area contributed by atoms with E-state index < -0.39 is 0 Å². The SMILES string of the molecule is C=CCC1=NC=C[N+]1(CC=C)CC=C. The zero-order chi connectivity index (χ0) is 10.4. The standard InChI is InChI=1S/C12H17N2/c1-4-7-12-13-8-11-14(12,9-5-2)10-6-3/h4-6,8,11H,1-3,7,9-10H2/q+1. The Morgan fingerprint density at radius 3 is 2.29 bits per heavy atom. The van der Waals surface area contributed by atoms with E-state index in [9.17, 15) is 0 Å². The first-order valence-electron chi connectivity index (χ1n) is 4.73. The molecule has 14 heavy (non-hydrogen) atoms. The summed E-state index contributed by atoms with van der Waals surface area (Å²) in [5, 5.41) is 0. The lowest BCUT2D eigenvalue weighted by atomic mass is 10.2. The summed E-state index contributed by atoms with van der Waals surface area (Å²) in [6.07, 6.45) is 10.5. The Bertz CT molecular complexity index is 287. The van der Waals surface area contributed by atoms with Crippen LogP contribution in [0, 0.1) is 0 Å². The summed E-state index contributed by atoms with van der Waals surface area (Å²) in [5.74, 6) is 1.11. The molecule has 0 atom stereocenters. The molecule has 0 bridgehead atoms. The van der Waals surface area contributed by atoms with E-state index in [1.807, 2.05) is 24.4 Å². The minimum absolute atomic E-state index is 0.721. The number of aliphatic imine (C=N–C) groups is 1. The summed E-state index contributed by atoms with van der Waals surface area (Å²) in [4.78, 5) is 4.36. The normalized spacial score (nSPS) is 17.6. The molecule has 0 aromatic heterocycles. The smallest absolute Gasteiger partial charge is 0.211 e. The van der Waals surface area contributed by atoms with Crippen molar-refractivity contribution in [3.05, 3.63) is 50.4 Å². The van der Waals surface area contributed by atoms with Gasteiger partial charge in [-0.2, -0.15) is 0 Å². The highest BCUT2D eigenvalue weighted by Crippen LogP contribution is 2.19. The third kappa shape index (κ3) is 1.91. The first kappa shape index (κ1) is 10.7. The molecular weight excluding hydrogens is 172 g/mol. The minimum atomic E-state index is 0.721. The predicted molar refractivity (Wildman–Crippen MR) is 61.8 cm³/mol. The molecule has 0 fully saturated rings. The lowest BCUT2D eigenvalue weighted by Gasteiger charge is -2.29. The second-order valence-corrected chi connectivity index (χ2v) is 3.31. The maximum absolute atomic E-state index is 4.36. The van der Waals surface area contributed by atoms with Gasteiger partial charge in [0.1, 0.15) is 19.3 Å². The van der Waals surface area contributed by atoms with Crippen LogP contribution in [0.5, 0.6) is 0 Å². The molecule has 2 nitrogen and oxygen atoms in total. The van der Waals surface area contributed by atoms with Gasteiger partial charge in [0.05, 0.1) is 12.6 Å². The Kier molecular flexibility index (Phi) is 3.60. The monoisotopic (exact) mass is 189 g/mol. The van der Waals surface area contributed by atoms with Gasteiger partial charge in [0, 0.05) is 0 Å². The molecule has 0 saturated heterocycles. The van der Waals surface area contributed by atoms with Gasteiger partial charge >= 0.3 is 0 Å². The van der Waals surface area contributed by atoms with E-state index in [0.717, 1.165) is 29.8 Å². The van der Waals surface area contributed by atoms with Crippen molar-refractivity contribution in [2.75, 3.05) is 13.1 Å². The van der Waals surface area contributed by atoms with E-state index in [2.05, 4.69) is 30.9 Å². The molecule has 0 N–H and O–H groups in total. The van der Waals surface area contributed by atoms with Crippen LogP contribution in [0.2, 0.25) is 0 Å². The van der Waals surface area contributed by atoms with Gasteiger partial charge in [-0.05, 0) is 12.2 Å². The molecule has 1 rings (SSSR count). The molecule has 0 aromatic carbocycles. The van der Waals surface area contributed by atoms with E-state index in [4.69, 9.17) is 0 Å². The van der Waals surface area contributed by atoms with Crippen LogP contribution in [0.25, 0.3) is 0 Å². The summed E-state index contributed by atoms with van der Waals surface area (Å²) in [6.45, 7) is 13.0. The van der Waals surface area contributed by atoms with Crippen LogP contribution in [0.4, 0.5) is 0 Å². The highest BCUT2D eigenvalue weighted by molar-refractivity contribution is 5.79. The van der Waals surface area contributed by atoms with Gasteiger partial charge in [-0.15, -0.1) is 6.58 Å². The number of nitrogens with zero attached hydrogens (tertiary/aromatic N) is 2. The Hall–Kier alpha value is -1.41. The first-order valence-corrected chi connectivity index (χ1v) is 4.73. The molecule has 1 aliphatic heterocycles. The summed E-state index contributed by atoms with van der Waals surface area (Å²) in [5.41, 5.74) is 0. The van der Waals surface area contributed by atoms with Crippen molar-refractivity contribution in [1.29, 1.82) is 0 Å². The highest BCUT2D eigenvalue weighted by atomic mass is 15.4. The van der Waals surface area contributed by atoms with Crippen molar-refractivity contribution >= 4 is 5.84 Å². The number of quaternary nitrogens is 1. The van der Waals surface area contributed by atoms with Crippen LogP contribution in [-0.2, 0) is 0 Å². The maximum atomic E-state index is 4.36. The average molecular weight is 189 g/mol. The molecule has 0 amide bonds. The molecule has 74 valence electrons. The number of hydrogen-bond acceptors (Lipinski definition) is 1. The molecule has 0 radical (unpaired) electrons. The summed E-state index contributed by atoms with van der Waals surface area (Å²) < 4.78 is 0.721. The molecule has 0 spiro atoms. The molecule has 0 aromatic rings. The molecular formula is C12H17N2+.